The molecule has 0 radical (unpaired) electrons. The SMILES string of the molecule is COC(=O)c1cc(NC(=O)c2oc(Br)cc2C)cc(C(=O)OC)c1. The molecular formula is C16H14BrNO6. The number of halogens is 1. The first kappa shape index (κ1) is 17.7. The van der Waals surface area contributed by atoms with Crippen LogP contribution in [0.1, 0.15) is 36.8 Å². The molecule has 0 fully saturated rings. The van der Waals surface area contributed by atoms with Crippen molar-refractivity contribution in [2.75, 3.05) is 19.5 Å². The van der Waals surface area contributed by atoms with Crippen LogP contribution in [0.5, 0.6) is 0 Å². The minimum absolute atomic E-state index is 0.105. The van der Waals surface area contributed by atoms with Crippen LogP contribution in [0.4, 0.5) is 5.69 Å². The minimum atomic E-state index is -0.645. The zero-order valence-corrected chi connectivity index (χ0v) is 14.7. The maximum absolute atomic E-state index is 12.3. The van der Waals surface area contributed by atoms with Crippen molar-refractivity contribution in [3.63, 3.8) is 0 Å². The van der Waals surface area contributed by atoms with E-state index in [0.717, 1.165) is 0 Å². The van der Waals surface area contributed by atoms with Crippen LogP contribution >= 0.6 is 15.9 Å². The first-order valence-corrected chi connectivity index (χ1v) is 7.54. The van der Waals surface area contributed by atoms with Crippen molar-refractivity contribution in [3.05, 3.63) is 51.4 Å². The molecule has 0 aliphatic heterocycles. The molecule has 8 heteroatoms. The van der Waals surface area contributed by atoms with E-state index in [-0.39, 0.29) is 22.6 Å². The normalized spacial score (nSPS) is 10.2. The number of nitrogens with one attached hydrogen (secondary N) is 1. The molecule has 1 heterocycles. The number of anilines is 1. The molecule has 1 amide bonds. The number of benzene rings is 1. The third kappa shape index (κ3) is 3.83. The summed E-state index contributed by atoms with van der Waals surface area (Å²) in [6.07, 6.45) is 0. The first-order valence-electron chi connectivity index (χ1n) is 6.74. The number of carbonyl (C=O) groups is 3. The Morgan fingerprint density at radius 1 is 1.00 bits per heavy atom. The van der Waals surface area contributed by atoms with Gasteiger partial charge in [-0.15, -0.1) is 0 Å². The van der Waals surface area contributed by atoms with Gasteiger partial charge in [-0.3, -0.25) is 4.79 Å². The number of amides is 1. The zero-order valence-electron chi connectivity index (χ0n) is 13.1. The molecule has 1 aromatic heterocycles. The van der Waals surface area contributed by atoms with E-state index in [4.69, 9.17) is 4.42 Å². The summed E-state index contributed by atoms with van der Waals surface area (Å²) in [6, 6.07) is 5.76. The van der Waals surface area contributed by atoms with Crippen molar-refractivity contribution in [3.8, 4) is 0 Å². The summed E-state index contributed by atoms with van der Waals surface area (Å²) >= 11 is 3.15. The van der Waals surface area contributed by atoms with E-state index in [0.29, 0.717) is 10.2 Å². The molecule has 0 aliphatic carbocycles. The second kappa shape index (κ2) is 7.31. The lowest BCUT2D eigenvalue weighted by Crippen LogP contribution is -2.14. The summed E-state index contributed by atoms with van der Waals surface area (Å²) in [5, 5.41) is 2.58. The van der Waals surface area contributed by atoms with E-state index in [1.165, 1.54) is 32.4 Å². The largest absolute Gasteiger partial charge is 0.465 e. The highest BCUT2D eigenvalue weighted by Gasteiger charge is 2.18. The van der Waals surface area contributed by atoms with E-state index in [2.05, 4.69) is 30.7 Å². The molecule has 0 unspecified atom stereocenters. The van der Waals surface area contributed by atoms with Crippen LogP contribution < -0.4 is 5.32 Å². The minimum Gasteiger partial charge on any atom is -0.465 e. The number of hydrogen-bond acceptors (Lipinski definition) is 6. The topological polar surface area (TPSA) is 94.8 Å². The molecule has 24 heavy (non-hydrogen) atoms. The van der Waals surface area contributed by atoms with Crippen molar-refractivity contribution < 1.29 is 28.3 Å². The Bertz CT molecular complexity index is 777. The number of furan rings is 1. The van der Waals surface area contributed by atoms with E-state index >= 15 is 0 Å². The van der Waals surface area contributed by atoms with E-state index in [1.54, 1.807) is 13.0 Å². The highest BCUT2D eigenvalue weighted by molar-refractivity contribution is 9.10. The van der Waals surface area contributed by atoms with Gasteiger partial charge >= 0.3 is 11.9 Å². The second-order valence-corrected chi connectivity index (χ2v) is 5.58. The Morgan fingerprint density at radius 2 is 1.54 bits per heavy atom. The number of methoxy groups -OCH3 is 2. The average molecular weight is 396 g/mol. The molecule has 2 rings (SSSR count). The Kier molecular flexibility index (Phi) is 5.40. The Morgan fingerprint density at radius 3 is 1.96 bits per heavy atom. The van der Waals surface area contributed by atoms with Gasteiger partial charge in [-0.25, -0.2) is 9.59 Å². The predicted octanol–water partition coefficient (Wildman–Crippen LogP) is 3.18. The molecule has 0 bridgehead atoms. The third-order valence-electron chi connectivity index (χ3n) is 3.13. The first-order chi connectivity index (χ1) is 11.3. The number of carbonyl (C=O) groups excluding carboxylic acids is 3. The van der Waals surface area contributed by atoms with Gasteiger partial charge in [-0.1, -0.05) is 0 Å². The fourth-order valence-electron chi connectivity index (χ4n) is 2.03. The van der Waals surface area contributed by atoms with Crippen LogP contribution in [0, 0.1) is 6.92 Å². The van der Waals surface area contributed by atoms with Crippen LogP contribution in [0.15, 0.2) is 33.4 Å². The summed E-state index contributed by atoms with van der Waals surface area (Å²) in [5.41, 5.74) is 1.08. The zero-order chi connectivity index (χ0) is 17.9. The number of aryl methyl sites for hydroxylation is 1. The predicted molar refractivity (Wildman–Crippen MR) is 88.2 cm³/mol. The Hall–Kier alpha value is -2.61. The molecule has 0 spiro atoms. The molecule has 7 nitrogen and oxygen atoms in total. The summed E-state index contributed by atoms with van der Waals surface area (Å²) in [7, 11) is 2.43. The average Bonchev–Trinajstić information content (AvgIpc) is 2.91. The molecule has 0 saturated carbocycles. The van der Waals surface area contributed by atoms with E-state index in [9.17, 15) is 14.4 Å². The van der Waals surface area contributed by atoms with Gasteiger partial charge in [0, 0.05) is 11.3 Å². The van der Waals surface area contributed by atoms with Crippen molar-refractivity contribution in [2.24, 2.45) is 0 Å². The number of hydrogen-bond donors (Lipinski definition) is 1. The summed E-state index contributed by atoms with van der Waals surface area (Å²) < 4.78 is 15.0. The van der Waals surface area contributed by atoms with Crippen LogP contribution in [-0.2, 0) is 9.47 Å². The van der Waals surface area contributed by atoms with Gasteiger partial charge < -0.3 is 19.2 Å². The lowest BCUT2D eigenvalue weighted by Gasteiger charge is -2.09. The third-order valence-corrected chi connectivity index (χ3v) is 3.52. The molecule has 126 valence electrons. The molecule has 0 aliphatic rings. The van der Waals surface area contributed by atoms with Crippen molar-refractivity contribution in [1.82, 2.24) is 0 Å². The number of esters is 2. The Labute approximate surface area is 146 Å². The number of rotatable bonds is 4. The maximum atomic E-state index is 12.3. The maximum Gasteiger partial charge on any atom is 0.337 e. The molecule has 2 aromatic rings. The van der Waals surface area contributed by atoms with Gasteiger partial charge in [-0.05, 0) is 47.1 Å². The van der Waals surface area contributed by atoms with Gasteiger partial charge in [0.15, 0.2) is 10.4 Å². The lowest BCUT2D eigenvalue weighted by molar-refractivity contribution is 0.0599. The fourth-order valence-corrected chi connectivity index (χ4v) is 2.53. The molecule has 0 saturated heterocycles. The molecule has 0 atom stereocenters. The lowest BCUT2D eigenvalue weighted by atomic mass is 10.1. The molecule has 1 N–H and O–H groups in total. The summed E-state index contributed by atoms with van der Waals surface area (Å²) in [5.74, 6) is -1.69. The van der Waals surface area contributed by atoms with Gasteiger partial charge in [0.2, 0.25) is 0 Å². The quantitative estimate of drug-likeness (QED) is 0.798. The van der Waals surface area contributed by atoms with Crippen molar-refractivity contribution in [2.45, 2.75) is 6.92 Å². The van der Waals surface area contributed by atoms with Crippen LogP contribution in [0.3, 0.4) is 0 Å². The second-order valence-electron chi connectivity index (χ2n) is 4.80. The highest BCUT2D eigenvalue weighted by atomic mass is 79.9. The van der Waals surface area contributed by atoms with Crippen LogP contribution in [0.25, 0.3) is 0 Å². The van der Waals surface area contributed by atoms with Gasteiger partial charge in [0.05, 0.1) is 25.3 Å². The smallest absolute Gasteiger partial charge is 0.337 e. The summed E-state index contributed by atoms with van der Waals surface area (Å²) in [4.78, 5) is 35.8. The standard InChI is InChI=1S/C16H14BrNO6/c1-8-4-12(17)24-13(8)14(19)18-11-6-9(15(20)22-2)5-10(7-11)16(21)23-3/h4-7H,1-3H3,(H,18,19). The highest BCUT2D eigenvalue weighted by Crippen LogP contribution is 2.22. The monoisotopic (exact) mass is 395 g/mol. The van der Waals surface area contributed by atoms with Crippen LogP contribution in [0.2, 0.25) is 0 Å². The number of ether oxygens (including phenoxy) is 2. The van der Waals surface area contributed by atoms with Gasteiger partial charge in [-0.2, -0.15) is 0 Å². The fraction of sp³-hybridized carbons (Fsp3) is 0.188. The van der Waals surface area contributed by atoms with E-state index < -0.39 is 17.8 Å². The molecular weight excluding hydrogens is 382 g/mol. The Balaban J connectivity index is 2.38. The van der Waals surface area contributed by atoms with E-state index in [1.807, 2.05) is 0 Å². The van der Waals surface area contributed by atoms with Crippen LogP contribution in [-0.4, -0.2) is 32.1 Å². The van der Waals surface area contributed by atoms with Crippen molar-refractivity contribution in [1.29, 1.82) is 0 Å². The van der Waals surface area contributed by atoms with Gasteiger partial charge in [0.25, 0.3) is 5.91 Å². The molecule has 1 aromatic carbocycles. The van der Waals surface area contributed by atoms with Gasteiger partial charge in [0.1, 0.15) is 0 Å². The summed E-state index contributed by atoms with van der Waals surface area (Å²) in [6.45, 7) is 1.72. The van der Waals surface area contributed by atoms with Crippen molar-refractivity contribution >= 4 is 39.5 Å².